The van der Waals surface area contributed by atoms with Gasteiger partial charge in [-0.2, -0.15) is 0 Å². The Labute approximate surface area is 166 Å². The Morgan fingerprint density at radius 2 is 1.93 bits per heavy atom. The average molecular weight is 403 g/mol. The predicted octanol–water partition coefficient (Wildman–Crippen LogP) is 2.56. The number of hydrogen-bond acceptors (Lipinski definition) is 5. The highest BCUT2D eigenvalue weighted by atomic mass is 35.5. The molecule has 0 aliphatic carbocycles. The van der Waals surface area contributed by atoms with E-state index in [4.69, 9.17) is 26.8 Å². The molecule has 2 amide bonds. The third-order valence-electron chi connectivity index (χ3n) is 4.36. The maximum absolute atomic E-state index is 12.4. The molecular formula is C20H19ClN2O5. The number of halogens is 1. The minimum absolute atomic E-state index is 0.177. The van der Waals surface area contributed by atoms with Crippen LogP contribution in [-0.4, -0.2) is 30.5 Å². The molecule has 1 heterocycles. The molecule has 0 saturated heterocycles. The Morgan fingerprint density at radius 1 is 1.21 bits per heavy atom. The number of benzene rings is 2. The number of nitrogens with two attached hydrogens (primary N) is 1. The van der Waals surface area contributed by atoms with Crippen molar-refractivity contribution in [2.45, 2.75) is 19.4 Å². The van der Waals surface area contributed by atoms with Gasteiger partial charge in [0.15, 0.2) is 6.10 Å². The van der Waals surface area contributed by atoms with E-state index in [0.717, 1.165) is 5.56 Å². The van der Waals surface area contributed by atoms with Gasteiger partial charge in [0.25, 0.3) is 5.91 Å². The molecule has 3 rings (SSSR count). The third kappa shape index (κ3) is 4.61. The van der Waals surface area contributed by atoms with Crippen LogP contribution >= 0.6 is 11.6 Å². The van der Waals surface area contributed by atoms with Crippen LogP contribution in [0, 0.1) is 5.92 Å². The van der Waals surface area contributed by atoms with Crippen molar-refractivity contribution in [3.05, 3.63) is 58.6 Å². The maximum Gasteiger partial charge on any atom is 0.313 e. The number of carbonyl (C=O) groups excluding carboxylic acids is 3. The van der Waals surface area contributed by atoms with E-state index < -0.39 is 29.8 Å². The number of amides is 2. The Morgan fingerprint density at radius 3 is 2.61 bits per heavy atom. The van der Waals surface area contributed by atoms with Crippen molar-refractivity contribution in [2.24, 2.45) is 11.7 Å². The maximum atomic E-state index is 12.4. The summed E-state index contributed by atoms with van der Waals surface area (Å²) in [5.74, 6) is -1.38. The van der Waals surface area contributed by atoms with Gasteiger partial charge in [0.2, 0.25) is 5.91 Å². The molecule has 0 bridgehead atoms. The van der Waals surface area contributed by atoms with E-state index >= 15 is 0 Å². The van der Waals surface area contributed by atoms with Gasteiger partial charge in [-0.3, -0.25) is 14.4 Å². The minimum Gasteiger partial charge on any atom is -0.492 e. The fourth-order valence-corrected chi connectivity index (χ4v) is 2.99. The Balaban J connectivity index is 1.56. The van der Waals surface area contributed by atoms with Crippen LogP contribution in [0.1, 0.15) is 22.8 Å². The highest BCUT2D eigenvalue weighted by Gasteiger charge is 2.30. The Kier molecular flexibility index (Phi) is 5.84. The first kappa shape index (κ1) is 19.7. The molecule has 0 aromatic heterocycles. The number of hydrogen-bond donors (Lipinski definition) is 2. The van der Waals surface area contributed by atoms with Crippen LogP contribution in [-0.2, 0) is 20.7 Å². The van der Waals surface area contributed by atoms with Crippen LogP contribution in [0.3, 0.4) is 0 Å². The summed E-state index contributed by atoms with van der Waals surface area (Å²) in [7, 11) is 0. The number of anilines is 1. The number of nitrogens with one attached hydrogen (secondary N) is 1. The van der Waals surface area contributed by atoms with Gasteiger partial charge in [-0.05, 0) is 61.4 Å². The fraction of sp³-hybridized carbons (Fsp3) is 0.250. The summed E-state index contributed by atoms with van der Waals surface area (Å²) in [6, 6.07) is 11.3. The molecule has 28 heavy (non-hydrogen) atoms. The van der Waals surface area contributed by atoms with Crippen molar-refractivity contribution in [1.82, 2.24) is 0 Å². The topological polar surface area (TPSA) is 108 Å². The number of fused-ring (bicyclic) bond motifs is 1. The molecule has 0 fully saturated rings. The second-order valence-corrected chi connectivity index (χ2v) is 6.91. The molecule has 7 nitrogen and oxygen atoms in total. The van der Waals surface area contributed by atoms with Crippen LogP contribution in [0.15, 0.2) is 42.5 Å². The van der Waals surface area contributed by atoms with Gasteiger partial charge in [0.05, 0.1) is 5.92 Å². The van der Waals surface area contributed by atoms with Crippen LogP contribution < -0.4 is 15.8 Å². The zero-order valence-electron chi connectivity index (χ0n) is 15.1. The van der Waals surface area contributed by atoms with Gasteiger partial charge in [-0.15, -0.1) is 0 Å². The largest absolute Gasteiger partial charge is 0.492 e. The molecule has 2 aromatic rings. The molecule has 2 aromatic carbocycles. The molecule has 0 radical (unpaired) electrons. The molecule has 146 valence electrons. The van der Waals surface area contributed by atoms with Crippen LogP contribution in [0.2, 0.25) is 5.02 Å². The average Bonchev–Trinajstić information content (AvgIpc) is 2.67. The molecular weight excluding hydrogens is 384 g/mol. The lowest BCUT2D eigenvalue weighted by molar-refractivity contribution is -0.158. The summed E-state index contributed by atoms with van der Waals surface area (Å²) in [6.45, 7) is 1.66. The lowest BCUT2D eigenvalue weighted by Crippen LogP contribution is -2.36. The molecule has 1 aliphatic heterocycles. The lowest BCUT2D eigenvalue weighted by Gasteiger charge is -2.25. The third-order valence-corrected chi connectivity index (χ3v) is 4.60. The second kappa shape index (κ2) is 8.31. The first-order chi connectivity index (χ1) is 13.3. The van der Waals surface area contributed by atoms with Crippen LogP contribution in [0.25, 0.3) is 0 Å². The summed E-state index contributed by atoms with van der Waals surface area (Å²) >= 11 is 5.98. The van der Waals surface area contributed by atoms with Gasteiger partial charge in [0.1, 0.15) is 12.4 Å². The standard InChI is InChI=1S/C20H19ClN2O5/c1-11(19(25)23-16-5-2-12(3-6-16)18(22)24)28-20(26)14-8-13-9-15(21)4-7-17(13)27-10-14/h2-7,9,11,14H,8,10H2,1H3,(H2,22,24)(H,23,25)/t11-,14-/m1/s1. The highest BCUT2D eigenvalue weighted by molar-refractivity contribution is 6.30. The van der Waals surface area contributed by atoms with Crippen molar-refractivity contribution < 1.29 is 23.9 Å². The highest BCUT2D eigenvalue weighted by Crippen LogP contribution is 2.30. The van der Waals surface area contributed by atoms with E-state index in [-0.39, 0.29) is 6.61 Å². The van der Waals surface area contributed by atoms with Crippen molar-refractivity contribution in [1.29, 1.82) is 0 Å². The molecule has 1 aliphatic rings. The molecule has 0 saturated carbocycles. The predicted molar refractivity (Wildman–Crippen MR) is 103 cm³/mol. The lowest BCUT2D eigenvalue weighted by atomic mass is 9.97. The van der Waals surface area contributed by atoms with Crippen LogP contribution in [0.4, 0.5) is 5.69 Å². The second-order valence-electron chi connectivity index (χ2n) is 6.47. The first-order valence-corrected chi connectivity index (χ1v) is 9.03. The number of rotatable bonds is 5. The SMILES string of the molecule is C[C@@H](OC(=O)[C@H]1COc2ccc(Cl)cc2C1)C(=O)Nc1ccc(C(N)=O)cc1. The Hall–Kier alpha value is -3.06. The quantitative estimate of drug-likeness (QED) is 0.747. The summed E-state index contributed by atoms with van der Waals surface area (Å²) in [5.41, 5.74) is 6.79. The van der Waals surface area contributed by atoms with Gasteiger partial charge in [-0.1, -0.05) is 11.6 Å². The molecule has 2 atom stereocenters. The van der Waals surface area contributed by atoms with E-state index in [1.54, 1.807) is 30.3 Å². The number of ether oxygens (including phenoxy) is 2. The van der Waals surface area contributed by atoms with E-state index in [0.29, 0.717) is 28.4 Å². The summed E-state index contributed by atoms with van der Waals surface area (Å²) in [4.78, 5) is 35.7. The monoisotopic (exact) mass is 402 g/mol. The van der Waals surface area contributed by atoms with E-state index in [1.807, 2.05) is 0 Å². The minimum atomic E-state index is -0.996. The smallest absolute Gasteiger partial charge is 0.313 e. The molecule has 3 N–H and O–H groups in total. The summed E-state index contributed by atoms with van der Waals surface area (Å²) < 4.78 is 10.9. The number of primary amides is 1. The van der Waals surface area contributed by atoms with Crippen molar-refractivity contribution >= 4 is 35.1 Å². The molecule has 8 heteroatoms. The Bertz CT molecular complexity index is 913. The van der Waals surface area contributed by atoms with Crippen molar-refractivity contribution in [3.63, 3.8) is 0 Å². The van der Waals surface area contributed by atoms with Crippen molar-refractivity contribution in [2.75, 3.05) is 11.9 Å². The number of carbonyl (C=O) groups is 3. The normalized spacial score (nSPS) is 16.3. The van der Waals surface area contributed by atoms with Crippen molar-refractivity contribution in [3.8, 4) is 5.75 Å². The zero-order valence-corrected chi connectivity index (χ0v) is 15.9. The fourth-order valence-electron chi connectivity index (χ4n) is 2.80. The van der Waals surface area contributed by atoms with E-state index in [9.17, 15) is 14.4 Å². The van der Waals surface area contributed by atoms with Gasteiger partial charge >= 0.3 is 5.97 Å². The van der Waals surface area contributed by atoms with Gasteiger partial charge in [-0.25, -0.2) is 0 Å². The summed E-state index contributed by atoms with van der Waals surface area (Å²) in [6.07, 6.45) is -0.568. The molecule has 0 unspecified atom stereocenters. The summed E-state index contributed by atoms with van der Waals surface area (Å²) in [5, 5.41) is 3.18. The first-order valence-electron chi connectivity index (χ1n) is 8.66. The number of esters is 1. The van der Waals surface area contributed by atoms with E-state index in [1.165, 1.54) is 19.1 Å². The van der Waals surface area contributed by atoms with Gasteiger partial charge < -0.3 is 20.5 Å². The van der Waals surface area contributed by atoms with E-state index in [2.05, 4.69) is 5.32 Å². The van der Waals surface area contributed by atoms with Gasteiger partial charge in [0, 0.05) is 16.3 Å². The zero-order chi connectivity index (χ0) is 20.3. The van der Waals surface area contributed by atoms with Crippen LogP contribution in [0.5, 0.6) is 5.75 Å². The molecule has 0 spiro atoms.